The maximum absolute atomic E-state index is 12.1. The van der Waals surface area contributed by atoms with Crippen LogP contribution in [0.1, 0.15) is 30.9 Å². The van der Waals surface area contributed by atoms with Crippen molar-refractivity contribution < 1.29 is 9.90 Å². The highest BCUT2D eigenvalue weighted by Crippen LogP contribution is 2.18. The van der Waals surface area contributed by atoms with E-state index in [1.807, 2.05) is 6.92 Å². The van der Waals surface area contributed by atoms with Gasteiger partial charge >= 0.3 is 0 Å². The lowest BCUT2D eigenvalue weighted by molar-refractivity contribution is -0.135. The monoisotopic (exact) mass is 261 g/mol. The van der Waals surface area contributed by atoms with Crippen molar-refractivity contribution in [2.75, 3.05) is 13.1 Å². The Labute approximate surface area is 115 Å². The Hall–Kier alpha value is -1.35. The number of hydrogen-bond acceptors (Lipinski definition) is 2. The Bertz CT molecular complexity index is 427. The summed E-state index contributed by atoms with van der Waals surface area (Å²) >= 11 is 0. The second-order valence-corrected chi connectivity index (χ2v) is 5.66. The first-order valence-corrected chi connectivity index (χ1v) is 7.07. The van der Waals surface area contributed by atoms with Crippen molar-refractivity contribution in [2.24, 2.45) is 5.92 Å². The molecule has 1 heterocycles. The largest absolute Gasteiger partial charge is 0.391 e. The summed E-state index contributed by atoms with van der Waals surface area (Å²) in [5, 5.41) is 9.82. The van der Waals surface area contributed by atoms with E-state index in [1.165, 1.54) is 11.1 Å². The Balaban J connectivity index is 1.83. The molecule has 0 aromatic heterocycles. The van der Waals surface area contributed by atoms with Gasteiger partial charge in [-0.3, -0.25) is 4.79 Å². The highest BCUT2D eigenvalue weighted by atomic mass is 16.3. The summed E-state index contributed by atoms with van der Waals surface area (Å²) < 4.78 is 0. The third-order valence-electron chi connectivity index (χ3n) is 4.02. The molecule has 1 aromatic carbocycles. The molecule has 2 atom stereocenters. The number of piperidine rings is 1. The molecule has 0 saturated carbocycles. The topological polar surface area (TPSA) is 40.5 Å². The second kappa shape index (κ2) is 6.20. The number of aliphatic hydroxyl groups is 1. The van der Waals surface area contributed by atoms with Gasteiger partial charge in [0.05, 0.1) is 6.10 Å². The SMILES string of the molecule is Cc1ccc(CCC(=O)N2CCC(C)C(O)C2)cc1. The Kier molecular flexibility index (Phi) is 4.59. The third kappa shape index (κ3) is 3.80. The molecule has 19 heavy (non-hydrogen) atoms. The van der Waals surface area contributed by atoms with E-state index in [9.17, 15) is 9.90 Å². The maximum atomic E-state index is 12.1. The van der Waals surface area contributed by atoms with Crippen LogP contribution in [0.5, 0.6) is 0 Å². The summed E-state index contributed by atoms with van der Waals surface area (Å²) in [6.07, 6.45) is 1.85. The van der Waals surface area contributed by atoms with Gasteiger partial charge in [-0.1, -0.05) is 36.8 Å². The highest BCUT2D eigenvalue weighted by Gasteiger charge is 2.26. The van der Waals surface area contributed by atoms with Gasteiger partial charge in [0.1, 0.15) is 0 Å². The number of rotatable bonds is 3. The molecule has 1 saturated heterocycles. The normalized spacial score (nSPS) is 23.4. The van der Waals surface area contributed by atoms with Gasteiger partial charge in [-0.15, -0.1) is 0 Å². The first kappa shape index (κ1) is 14.1. The number of hydrogen-bond donors (Lipinski definition) is 1. The molecule has 2 rings (SSSR count). The number of carbonyl (C=O) groups excluding carboxylic acids is 1. The van der Waals surface area contributed by atoms with E-state index in [4.69, 9.17) is 0 Å². The number of nitrogens with zero attached hydrogens (tertiary/aromatic N) is 1. The van der Waals surface area contributed by atoms with Crippen LogP contribution in [0.4, 0.5) is 0 Å². The van der Waals surface area contributed by atoms with Crippen LogP contribution in [0.15, 0.2) is 24.3 Å². The van der Waals surface area contributed by atoms with Gasteiger partial charge in [-0.2, -0.15) is 0 Å². The molecule has 2 unspecified atom stereocenters. The van der Waals surface area contributed by atoms with Crippen LogP contribution in [-0.4, -0.2) is 35.1 Å². The van der Waals surface area contributed by atoms with E-state index in [1.54, 1.807) is 4.90 Å². The minimum absolute atomic E-state index is 0.159. The van der Waals surface area contributed by atoms with E-state index >= 15 is 0 Å². The van der Waals surface area contributed by atoms with E-state index in [2.05, 4.69) is 31.2 Å². The molecule has 104 valence electrons. The zero-order valence-electron chi connectivity index (χ0n) is 11.8. The molecule has 0 spiro atoms. The molecule has 1 aliphatic rings. The Morgan fingerprint density at radius 1 is 1.37 bits per heavy atom. The molecule has 1 aromatic rings. The van der Waals surface area contributed by atoms with Crippen LogP contribution >= 0.6 is 0 Å². The predicted octanol–water partition coefficient (Wildman–Crippen LogP) is 2.16. The number of carbonyl (C=O) groups is 1. The van der Waals surface area contributed by atoms with Crippen molar-refractivity contribution in [1.82, 2.24) is 4.90 Å². The Morgan fingerprint density at radius 3 is 2.68 bits per heavy atom. The average Bonchev–Trinajstić information content (AvgIpc) is 2.41. The maximum Gasteiger partial charge on any atom is 0.222 e. The van der Waals surface area contributed by atoms with Gasteiger partial charge in [0.2, 0.25) is 5.91 Å². The fourth-order valence-corrected chi connectivity index (χ4v) is 2.44. The van der Waals surface area contributed by atoms with Crippen molar-refractivity contribution in [3.05, 3.63) is 35.4 Å². The first-order chi connectivity index (χ1) is 9.06. The van der Waals surface area contributed by atoms with Gasteiger partial charge in [-0.05, 0) is 31.2 Å². The van der Waals surface area contributed by atoms with Crippen LogP contribution in [0.2, 0.25) is 0 Å². The summed E-state index contributed by atoms with van der Waals surface area (Å²) in [4.78, 5) is 13.9. The smallest absolute Gasteiger partial charge is 0.222 e. The number of benzene rings is 1. The van der Waals surface area contributed by atoms with Gasteiger partial charge in [0.15, 0.2) is 0 Å². The second-order valence-electron chi connectivity index (χ2n) is 5.66. The number of aryl methyl sites for hydroxylation is 2. The minimum Gasteiger partial charge on any atom is -0.391 e. The lowest BCUT2D eigenvalue weighted by Gasteiger charge is -2.34. The zero-order chi connectivity index (χ0) is 13.8. The first-order valence-electron chi connectivity index (χ1n) is 7.07. The number of likely N-dealkylation sites (tertiary alicyclic amines) is 1. The molecular weight excluding hydrogens is 238 g/mol. The molecule has 0 bridgehead atoms. The van der Waals surface area contributed by atoms with E-state index in [-0.39, 0.29) is 12.0 Å². The van der Waals surface area contributed by atoms with E-state index in [0.717, 1.165) is 19.4 Å². The predicted molar refractivity (Wildman–Crippen MR) is 75.9 cm³/mol. The fourth-order valence-electron chi connectivity index (χ4n) is 2.44. The molecule has 0 radical (unpaired) electrons. The van der Waals surface area contributed by atoms with Crippen LogP contribution < -0.4 is 0 Å². The quantitative estimate of drug-likeness (QED) is 0.905. The van der Waals surface area contributed by atoms with Crippen molar-refractivity contribution in [2.45, 2.75) is 39.2 Å². The molecular formula is C16H23NO2. The molecule has 1 fully saturated rings. The molecule has 1 N–H and O–H groups in total. The number of aliphatic hydroxyl groups excluding tert-OH is 1. The van der Waals surface area contributed by atoms with Crippen LogP contribution in [-0.2, 0) is 11.2 Å². The number of β-amino-alcohol motifs (C(OH)–C–C–N with tert-alkyl or cyclic N) is 1. The summed E-state index contributed by atoms with van der Waals surface area (Å²) in [7, 11) is 0. The van der Waals surface area contributed by atoms with E-state index < -0.39 is 0 Å². The molecule has 1 amide bonds. The zero-order valence-corrected chi connectivity index (χ0v) is 11.8. The van der Waals surface area contributed by atoms with Crippen molar-refractivity contribution in [3.63, 3.8) is 0 Å². The van der Waals surface area contributed by atoms with Gasteiger partial charge in [0.25, 0.3) is 0 Å². The molecule has 3 nitrogen and oxygen atoms in total. The molecule has 3 heteroatoms. The summed E-state index contributed by atoms with van der Waals surface area (Å²) in [6, 6.07) is 8.31. The fraction of sp³-hybridized carbons (Fsp3) is 0.562. The Morgan fingerprint density at radius 2 is 2.05 bits per heavy atom. The van der Waals surface area contributed by atoms with Crippen LogP contribution in [0.25, 0.3) is 0 Å². The summed E-state index contributed by atoms with van der Waals surface area (Å²) in [6.45, 7) is 5.38. The summed E-state index contributed by atoms with van der Waals surface area (Å²) in [5.74, 6) is 0.465. The van der Waals surface area contributed by atoms with Crippen molar-refractivity contribution in [3.8, 4) is 0 Å². The standard InChI is InChI=1S/C16H23NO2/c1-12-3-5-14(6-4-12)7-8-16(19)17-10-9-13(2)15(18)11-17/h3-6,13,15,18H,7-11H2,1-2H3. The average molecular weight is 261 g/mol. The minimum atomic E-state index is -0.364. The van der Waals surface area contributed by atoms with Gasteiger partial charge < -0.3 is 10.0 Å². The van der Waals surface area contributed by atoms with Gasteiger partial charge in [-0.25, -0.2) is 0 Å². The van der Waals surface area contributed by atoms with Crippen LogP contribution in [0, 0.1) is 12.8 Å². The van der Waals surface area contributed by atoms with Crippen molar-refractivity contribution in [1.29, 1.82) is 0 Å². The van der Waals surface area contributed by atoms with Crippen LogP contribution in [0.3, 0.4) is 0 Å². The van der Waals surface area contributed by atoms with E-state index in [0.29, 0.717) is 18.9 Å². The lowest BCUT2D eigenvalue weighted by Crippen LogP contribution is -2.45. The van der Waals surface area contributed by atoms with Crippen molar-refractivity contribution >= 4 is 5.91 Å². The molecule has 1 aliphatic heterocycles. The van der Waals surface area contributed by atoms with Gasteiger partial charge in [0, 0.05) is 19.5 Å². The summed E-state index contributed by atoms with van der Waals surface area (Å²) in [5.41, 5.74) is 2.44. The number of amides is 1. The highest BCUT2D eigenvalue weighted by molar-refractivity contribution is 5.76. The third-order valence-corrected chi connectivity index (χ3v) is 4.02. The lowest BCUT2D eigenvalue weighted by atomic mass is 9.95. The molecule has 0 aliphatic carbocycles.